The summed E-state index contributed by atoms with van der Waals surface area (Å²) >= 11 is 0. The van der Waals surface area contributed by atoms with Crippen molar-refractivity contribution in [3.63, 3.8) is 0 Å². The van der Waals surface area contributed by atoms with Gasteiger partial charge < -0.3 is 15.0 Å². The lowest BCUT2D eigenvalue weighted by atomic mass is 10.1. The molecule has 0 bridgehead atoms. The summed E-state index contributed by atoms with van der Waals surface area (Å²) in [5, 5.41) is 5.88. The maximum absolute atomic E-state index is 12.0. The van der Waals surface area contributed by atoms with Gasteiger partial charge in [-0.2, -0.15) is 0 Å². The van der Waals surface area contributed by atoms with E-state index in [9.17, 15) is 4.79 Å². The molecule has 6 nitrogen and oxygen atoms in total. The number of aromatic nitrogens is 1. The first-order chi connectivity index (χ1) is 13.2. The zero-order valence-corrected chi connectivity index (χ0v) is 14.5. The van der Waals surface area contributed by atoms with Crippen molar-refractivity contribution in [1.82, 2.24) is 4.98 Å². The minimum Gasteiger partial charge on any atom is -0.440 e. The van der Waals surface area contributed by atoms with Gasteiger partial charge in [0, 0.05) is 0 Å². The van der Waals surface area contributed by atoms with E-state index in [1.807, 2.05) is 66.7 Å². The summed E-state index contributed by atoms with van der Waals surface area (Å²) in [6.45, 7) is 0. The third kappa shape index (κ3) is 3.95. The highest BCUT2D eigenvalue weighted by molar-refractivity contribution is 5.85. The average Bonchev–Trinajstić information content (AvgIpc) is 3.08. The van der Waals surface area contributed by atoms with E-state index in [-0.39, 0.29) is 18.7 Å². The zero-order chi connectivity index (χ0) is 18.6. The number of oxazole rings is 1. The molecule has 0 spiro atoms. The van der Waals surface area contributed by atoms with E-state index in [0.29, 0.717) is 11.5 Å². The van der Waals surface area contributed by atoms with Gasteiger partial charge in [-0.3, -0.25) is 0 Å². The van der Waals surface area contributed by atoms with Crippen molar-refractivity contribution in [2.24, 2.45) is 10.9 Å². The van der Waals surface area contributed by atoms with Crippen LogP contribution in [-0.2, 0) is 22.5 Å². The van der Waals surface area contributed by atoms with Crippen LogP contribution in [0.15, 0.2) is 76.3 Å². The van der Waals surface area contributed by atoms with Crippen molar-refractivity contribution in [3.8, 4) is 0 Å². The number of nitrogens with two attached hydrogens (primary N) is 1. The highest BCUT2D eigenvalue weighted by atomic mass is 16.7. The van der Waals surface area contributed by atoms with Crippen LogP contribution in [0.4, 0.5) is 0 Å². The molecule has 0 amide bonds. The molecule has 0 aliphatic carbocycles. The lowest BCUT2D eigenvalue weighted by molar-refractivity contribution is -0.142. The lowest BCUT2D eigenvalue weighted by Gasteiger charge is -2.03. The SMILES string of the molecule is N/C(Cc1nc2ccccc2o1)=N\OC(=O)Cc1ccc2ccccc2c1. The van der Waals surface area contributed by atoms with Gasteiger partial charge >= 0.3 is 5.97 Å². The van der Waals surface area contributed by atoms with Gasteiger partial charge in [-0.15, -0.1) is 0 Å². The summed E-state index contributed by atoms with van der Waals surface area (Å²) in [6.07, 6.45) is 0.280. The monoisotopic (exact) mass is 359 g/mol. The van der Waals surface area contributed by atoms with Crippen LogP contribution in [0.3, 0.4) is 0 Å². The van der Waals surface area contributed by atoms with Gasteiger partial charge in [0.05, 0.1) is 12.8 Å². The van der Waals surface area contributed by atoms with Gasteiger partial charge in [0.1, 0.15) is 11.4 Å². The maximum Gasteiger partial charge on any atom is 0.339 e. The molecule has 27 heavy (non-hydrogen) atoms. The number of hydrogen-bond donors (Lipinski definition) is 1. The van der Waals surface area contributed by atoms with Gasteiger partial charge in [-0.25, -0.2) is 9.78 Å². The second-order valence-corrected chi connectivity index (χ2v) is 6.16. The number of para-hydroxylation sites is 2. The number of carbonyl (C=O) groups is 1. The number of oxime groups is 1. The van der Waals surface area contributed by atoms with Gasteiger partial charge in [0.15, 0.2) is 5.58 Å². The number of amidine groups is 1. The van der Waals surface area contributed by atoms with E-state index in [2.05, 4.69) is 10.1 Å². The van der Waals surface area contributed by atoms with Crippen LogP contribution in [0.2, 0.25) is 0 Å². The molecule has 0 aliphatic rings. The highest BCUT2D eigenvalue weighted by Gasteiger charge is 2.09. The molecule has 4 rings (SSSR count). The number of benzene rings is 3. The van der Waals surface area contributed by atoms with E-state index < -0.39 is 5.97 Å². The second kappa shape index (κ2) is 7.29. The Bertz CT molecular complexity index is 1110. The predicted molar refractivity (Wildman–Crippen MR) is 103 cm³/mol. The van der Waals surface area contributed by atoms with Gasteiger partial charge in [0.2, 0.25) is 5.89 Å². The summed E-state index contributed by atoms with van der Waals surface area (Å²) < 4.78 is 5.57. The third-order valence-electron chi connectivity index (χ3n) is 4.10. The maximum atomic E-state index is 12.0. The Hall–Kier alpha value is -3.67. The van der Waals surface area contributed by atoms with E-state index in [4.69, 9.17) is 15.0 Å². The fourth-order valence-electron chi connectivity index (χ4n) is 2.84. The molecule has 1 heterocycles. The van der Waals surface area contributed by atoms with Gasteiger partial charge in [0.25, 0.3) is 0 Å². The normalized spacial score (nSPS) is 11.8. The molecule has 4 aromatic rings. The van der Waals surface area contributed by atoms with E-state index in [1.54, 1.807) is 0 Å². The van der Waals surface area contributed by atoms with Crippen LogP contribution in [-0.4, -0.2) is 16.8 Å². The smallest absolute Gasteiger partial charge is 0.339 e. The van der Waals surface area contributed by atoms with Crippen LogP contribution >= 0.6 is 0 Å². The fourth-order valence-corrected chi connectivity index (χ4v) is 2.84. The first-order valence-corrected chi connectivity index (χ1v) is 8.52. The molecule has 134 valence electrons. The molecule has 0 saturated heterocycles. The van der Waals surface area contributed by atoms with E-state index >= 15 is 0 Å². The van der Waals surface area contributed by atoms with Crippen LogP contribution < -0.4 is 5.73 Å². The Balaban J connectivity index is 1.38. The number of hydrogen-bond acceptors (Lipinski definition) is 5. The molecular weight excluding hydrogens is 342 g/mol. The first-order valence-electron chi connectivity index (χ1n) is 8.52. The minimum atomic E-state index is -0.481. The Morgan fingerprint density at radius 2 is 1.78 bits per heavy atom. The molecule has 0 unspecified atom stereocenters. The summed E-state index contributed by atoms with van der Waals surface area (Å²) in [5.74, 6) is 0.0576. The quantitative estimate of drug-likeness (QED) is 0.254. The average molecular weight is 359 g/mol. The van der Waals surface area contributed by atoms with Crippen LogP contribution in [0.1, 0.15) is 11.5 Å². The number of fused-ring (bicyclic) bond motifs is 2. The predicted octanol–water partition coefficient (Wildman–Crippen LogP) is 3.58. The van der Waals surface area contributed by atoms with E-state index in [0.717, 1.165) is 21.9 Å². The molecule has 1 aromatic heterocycles. The first kappa shape index (κ1) is 16.8. The highest BCUT2D eigenvalue weighted by Crippen LogP contribution is 2.17. The summed E-state index contributed by atoms with van der Waals surface area (Å²) in [4.78, 5) is 21.3. The van der Waals surface area contributed by atoms with Crippen molar-refractivity contribution >= 4 is 33.7 Å². The fraction of sp³-hybridized carbons (Fsp3) is 0.0952. The largest absolute Gasteiger partial charge is 0.440 e. The molecule has 6 heteroatoms. The van der Waals surface area contributed by atoms with Crippen LogP contribution in [0, 0.1) is 0 Å². The number of rotatable bonds is 5. The van der Waals surface area contributed by atoms with Crippen molar-refractivity contribution in [2.75, 3.05) is 0 Å². The molecule has 0 fully saturated rings. The van der Waals surface area contributed by atoms with Crippen molar-refractivity contribution in [3.05, 3.63) is 78.2 Å². The van der Waals surface area contributed by atoms with Crippen molar-refractivity contribution < 1.29 is 14.0 Å². The molecule has 0 atom stereocenters. The lowest BCUT2D eigenvalue weighted by Crippen LogP contribution is -2.17. The molecule has 0 aliphatic heterocycles. The van der Waals surface area contributed by atoms with Crippen LogP contribution in [0.25, 0.3) is 21.9 Å². The topological polar surface area (TPSA) is 90.7 Å². The molecular formula is C21H17N3O3. The van der Waals surface area contributed by atoms with Gasteiger partial charge in [-0.1, -0.05) is 59.8 Å². The van der Waals surface area contributed by atoms with Crippen molar-refractivity contribution in [1.29, 1.82) is 0 Å². The minimum absolute atomic E-state index is 0.116. The number of carbonyl (C=O) groups excluding carboxylic acids is 1. The molecule has 0 saturated carbocycles. The van der Waals surface area contributed by atoms with E-state index in [1.165, 1.54) is 0 Å². The van der Waals surface area contributed by atoms with Crippen LogP contribution in [0.5, 0.6) is 0 Å². The summed E-state index contributed by atoms with van der Waals surface area (Å²) in [7, 11) is 0. The third-order valence-corrected chi connectivity index (χ3v) is 4.10. The molecule has 2 N–H and O–H groups in total. The van der Waals surface area contributed by atoms with Gasteiger partial charge in [-0.05, 0) is 28.5 Å². The number of nitrogens with zero attached hydrogens (tertiary/aromatic N) is 2. The molecule has 3 aromatic carbocycles. The standard InChI is InChI=1S/C21H17N3O3/c22-19(13-20-23-17-7-3-4-8-18(17)26-20)24-27-21(25)12-14-9-10-15-5-1-2-6-16(15)11-14/h1-11H,12-13H2,(H2,22,24). The Morgan fingerprint density at radius 1 is 1.00 bits per heavy atom. The Morgan fingerprint density at radius 3 is 2.63 bits per heavy atom. The van der Waals surface area contributed by atoms with Crippen molar-refractivity contribution in [2.45, 2.75) is 12.8 Å². The summed E-state index contributed by atoms with van der Waals surface area (Å²) in [5.41, 5.74) is 8.09. The Kier molecular flexibility index (Phi) is 4.53. The summed E-state index contributed by atoms with van der Waals surface area (Å²) in [6, 6.07) is 21.2. The Labute approximate surface area is 155 Å². The second-order valence-electron chi connectivity index (χ2n) is 6.16. The zero-order valence-electron chi connectivity index (χ0n) is 14.5. The molecule has 0 radical (unpaired) electrons.